The highest BCUT2D eigenvalue weighted by atomic mass is 16.5. The molecule has 0 N–H and O–H groups in total. The molecule has 0 unspecified atom stereocenters. The highest BCUT2D eigenvalue weighted by Crippen LogP contribution is 2.29. The first-order chi connectivity index (χ1) is 17.4. The number of likely N-dealkylation sites (N-methyl/N-ethyl adjacent to an activating group) is 1. The van der Waals surface area contributed by atoms with E-state index in [4.69, 9.17) is 4.74 Å². The lowest BCUT2D eigenvalue weighted by atomic mass is 9.98. The maximum atomic E-state index is 13.1. The number of ether oxygens (including phenoxy) is 1. The van der Waals surface area contributed by atoms with Gasteiger partial charge in [-0.1, -0.05) is 24.3 Å². The van der Waals surface area contributed by atoms with E-state index in [1.807, 2.05) is 44.3 Å². The zero-order valence-corrected chi connectivity index (χ0v) is 21.4. The number of rotatable bonds is 7. The molecular formula is C28H32N6O2. The highest BCUT2D eigenvalue weighted by molar-refractivity contribution is 5.97. The van der Waals surface area contributed by atoms with Gasteiger partial charge in [0.25, 0.3) is 0 Å². The van der Waals surface area contributed by atoms with Gasteiger partial charge >= 0.3 is 0 Å². The number of hydrogen-bond donors (Lipinski definition) is 0. The van der Waals surface area contributed by atoms with Crippen LogP contribution in [0, 0.1) is 13.8 Å². The van der Waals surface area contributed by atoms with Gasteiger partial charge in [0.05, 0.1) is 6.20 Å². The molecule has 3 heterocycles. The topological polar surface area (TPSA) is 76.4 Å². The largest absolute Gasteiger partial charge is 0.438 e. The predicted molar refractivity (Wildman–Crippen MR) is 140 cm³/mol. The molecule has 36 heavy (non-hydrogen) atoms. The Bertz CT molecular complexity index is 1400. The number of carbonyl (C=O) groups excluding carboxylic acids is 1. The first kappa shape index (κ1) is 24.1. The number of Topliss-reactive ketones (excluding diaryl/α,β-unsaturated/α-hetero) is 1. The summed E-state index contributed by atoms with van der Waals surface area (Å²) in [6, 6.07) is 12.0. The molecule has 8 nitrogen and oxygen atoms in total. The van der Waals surface area contributed by atoms with E-state index in [0.29, 0.717) is 23.7 Å². The Morgan fingerprint density at radius 2 is 1.78 bits per heavy atom. The van der Waals surface area contributed by atoms with Crippen LogP contribution < -0.4 is 4.74 Å². The summed E-state index contributed by atoms with van der Waals surface area (Å²) in [6.45, 7) is 9.36. The lowest BCUT2D eigenvalue weighted by molar-refractivity contribution is 0.0993. The van der Waals surface area contributed by atoms with E-state index in [9.17, 15) is 4.79 Å². The third-order valence-electron chi connectivity index (χ3n) is 6.97. The van der Waals surface area contributed by atoms with Crippen LogP contribution in [0.4, 0.5) is 0 Å². The number of aromatic nitrogens is 4. The van der Waals surface area contributed by atoms with Crippen molar-refractivity contribution in [3.05, 3.63) is 76.7 Å². The van der Waals surface area contributed by atoms with Crippen molar-refractivity contribution in [2.45, 2.75) is 26.8 Å². The van der Waals surface area contributed by atoms with Crippen molar-refractivity contribution in [1.29, 1.82) is 0 Å². The highest BCUT2D eigenvalue weighted by Gasteiger charge is 2.17. The van der Waals surface area contributed by atoms with E-state index in [0.717, 1.165) is 60.4 Å². The molecule has 1 aliphatic rings. The number of ketones is 1. The van der Waals surface area contributed by atoms with E-state index in [1.165, 1.54) is 11.9 Å². The zero-order chi connectivity index (χ0) is 25.2. The summed E-state index contributed by atoms with van der Waals surface area (Å²) < 4.78 is 7.84. The van der Waals surface area contributed by atoms with Gasteiger partial charge in [-0.2, -0.15) is 5.10 Å². The molecule has 0 saturated carbocycles. The smallest absolute Gasteiger partial charge is 0.233 e. The first-order valence-corrected chi connectivity index (χ1v) is 12.3. The molecule has 1 saturated heterocycles. The van der Waals surface area contributed by atoms with Gasteiger partial charge in [0.1, 0.15) is 17.5 Å². The molecule has 0 spiro atoms. The van der Waals surface area contributed by atoms with Gasteiger partial charge in [-0.3, -0.25) is 14.4 Å². The van der Waals surface area contributed by atoms with Crippen LogP contribution in [0.15, 0.2) is 48.9 Å². The fourth-order valence-electron chi connectivity index (χ4n) is 4.57. The number of piperazine rings is 1. The SMILES string of the molecule is Cc1cc(C(=O)Cc2ccc(C)c(Oc3ncnc4c3cnn4C)c2)ccc1CN1CCN(C)CC1. The fraction of sp³-hybridized carbons (Fsp3) is 0.357. The van der Waals surface area contributed by atoms with Gasteiger partial charge in [0.2, 0.25) is 5.88 Å². The molecule has 2 aromatic heterocycles. The van der Waals surface area contributed by atoms with Crippen molar-refractivity contribution in [1.82, 2.24) is 29.5 Å². The van der Waals surface area contributed by atoms with E-state index >= 15 is 0 Å². The third kappa shape index (κ3) is 5.15. The Morgan fingerprint density at radius 1 is 0.972 bits per heavy atom. The van der Waals surface area contributed by atoms with Crippen LogP contribution in [0.25, 0.3) is 11.0 Å². The maximum Gasteiger partial charge on any atom is 0.233 e. The van der Waals surface area contributed by atoms with Crippen LogP contribution in [-0.4, -0.2) is 68.6 Å². The number of nitrogens with zero attached hydrogens (tertiary/aromatic N) is 6. The molecule has 1 fully saturated rings. The van der Waals surface area contributed by atoms with Crippen LogP contribution in [0.2, 0.25) is 0 Å². The van der Waals surface area contributed by atoms with Crippen LogP contribution in [-0.2, 0) is 20.0 Å². The summed E-state index contributed by atoms with van der Waals surface area (Å²) in [5.74, 6) is 1.21. The summed E-state index contributed by atoms with van der Waals surface area (Å²) in [7, 11) is 4.00. The van der Waals surface area contributed by atoms with Crippen LogP contribution >= 0.6 is 0 Å². The molecule has 0 amide bonds. The number of benzene rings is 2. The Morgan fingerprint density at radius 3 is 2.56 bits per heavy atom. The Labute approximate surface area is 211 Å². The Balaban J connectivity index is 1.29. The lowest BCUT2D eigenvalue weighted by Crippen LogP contribution is -2.43. The van der Waals surface area contributed by atoms with Crippen molar-refractivity contribution >= 4 is 16.8 Å². The molecule has 2 aromatic carbocycles. The van der Waals surface area contributed by atoms with Gasteiger partial charge in [-0.05, 0) is 55.3 Å². The third-order valence-corrected chi connectivity index (χ3v) is 6.97. The van der Waals surface area contributed by atoms with Crippen molar-refractivity contribution < 1.29 is 9.53 Å². The number of carbonyl (C=O) groups is 1. The van der Waals surface area contributed by atoms with Crippen molar-refractivity contribution in [2.75, 3.05) is 33.2 Å². The molecule has 0 aliphatic carbocycles. The van der Waals surface area contributed by atoms with Crippen LogP contribution in [0.3, 0.4) is 0 Å². The second kappa shape index (κ2) is 10.2. The minimum Gasteiger partial charge on any atom is -0.438 e. The molecule has 1 aliphatic heterocycles. The monoisotopic (exact) mass is 484 g/mol. The molecule has 5 rings (SSSR count). The average molecular weight is 485 g/mol. The van der Waals surface area contributed by atoms with E-state index in [1.54, 1.807) is 10.9 Å². The lowest BCUT2D eigenvalue weighted by Gasteiger charge is -2.32. The number of aryl methyl sites for hydroxylation is 3. The molecule has 0 bridgehead atoms. The summed E-state index contributed by atoms with van der Waals surface area (Å²) in [5, 5.41) is 4.99. The summed E-state index contributed by atoms with van der Waals surface area (Å²) in [6.07, 6.45) is 3.47. The average Bonchev–Trinajstić information content (AvgIpc) is 3.25. The van der Waals surface area contributed by atoms with Gasteiger partial charge in [0.15, 0.2) is 11.4 Å². The molecule has 0 radical (unpaired) electrons. The fourth-order valence-corrected chi connectivity index (χ4v) is 4.57. The predicted octanol–water partition coefficient (Wildman–Crippen LogP) is 3.95. The van der Waals surface area contributed by atoms with Gasteiger partial charge in [0, 0.05) is 51.8 Å². The van der Waals surface area contributed by atoms with E-state index in [-0.39, 0.29) is 5.78 Å². The summed E-state index contributed by atoms with van der Waals surface area (Å²) >= 11 is 0. The first-order valence-electron chi connectivity index (χ1n) is 12.3. The molecule has 186 valence electrons. The van der Waals surface area contributed by atoms with Crippen molar-refractivity contribution in [2.24, 2.45) is 7.05 Å². The quantitative estimate of drug-likeness (QED) is 0.368. The van der Waals surface area contributed by atoms with Gasteiger partial charge in [-0.15, -0.1) is 0 Å². The number of hydrogen-bond acceptors (Lipinski definition) is 7. The normalized spacial score (nSPS) is 14.9. The van der Waals surface area contributed by atoms with Gasteiger partial charge in [-0.25, -0.2) is 9.97 Å². The maximum absolute atomic E-state index is 13.1. The second-order valence-electron chi connectivity index (χ2n) is 9.71. The Hall–Kier alpha value is -3.62. The van der Waals surface area contributed by atoms with E-state index in [2.05, 4.69) is 44.9 Å². The van der Waals surface area contributed by atoms with Crippen LogP contribution in [0.1, 0.15) is 32.6 Å². The minimum atomic E-state index is 0.0933. The zero-order valence-electron chi connectivity index (χ0n) is 21.4. The molecular weight excluding hydrogens is 452 g/mol. The second-order valence-corrected chi connectivity index (χ2v) is 9.71. The molecule has 0 atom stereocenters. The summed E-state index contributed by atoms with van der Waals surface area (Å²) in [4.78, 5) is 26.6. The van der Waals surface area contributed by atoms with Crippen molar-refractivity contribution in [3.8, 4) is 11.6 Å². The van der Waals surface area contributed by atoms with Crippen LogP contribution in [0.5, 0.6) is 11.6 Å². The Kier molecular flexibility index (Phi) is 6.80. The van der Waals surface area contributed by atoms with E-state index < -0.39 is 0 Å². The molecule has 8 heteroatoms. The van der Waals surface area contributed by atoms with Gasteiger partial charge < -0.3 is 9.64 Å². The molecule has 4 aromatic rings. The standard InChI is InChI=1S/C28H32N6O2/c1-19-5-6-21(15-26(19)36-28-24-16-31-33(4)27(24)29-18-30-28)14-25(35)22-7-8-23(20(2)13-22)17-34-11-9-32(3)10-12-34/h5-8,13,15-16,18H,9-12,14,17H2,1-4H3. The minimum absolute atomic E-state index is 0.0933. The number of fused-ring (bicyclic) bond motifs is 1. The van der Waals surface area contributed by atoms with Crippen molar-refractivity contribution in [3.63, 3.8) is 0 Å². The summed E-state index contributed by atoms with van der Waals surface area (Å²) in [5.41, 5.74) is 5.76.